The van der Waals surface area contributed by atoms with Crippen molar-refractivity contribution in [2.24, 2.45) is 5.41 Å². The summed E-state index contributed by atoms with van der Waals surface area (Å²) < 4.78 is 0. The minimum absolute atomic E-state index is 0.667. The fourth-order valence-electron chi connectivity index (χ4n) is 2.22. The van der Waals surface area contributed by atoms with Crippen LogP contribution in [0.2, 0.25) is 0 Å². The third-order valence-corrected chi connectivity index (χ3v) is 4.96. The van der Waals surface area contributed by atoms with Crippen molar-refractivity contribution in [3.8, 4) is 0 Å². The highest BCUT2D eigenvalue weighted by atomic mass is 14.3. The second-order valence-electron chi connectivity index (χ2n) is 7.16. The van der Waals surface area contributed by atoms with Gasteiger partial charge in [0, 0.05) is 0 Å². The largest absolute Gasteiger partial charge is 0.0988 e. The second kappa shape index (κ2) is 19.7. The Hall–Kier alpha value is -2.08. The first kappa shape index (κ1) is 30.6. The number of allylic oxidation sites excluding steroid dienone is 5. The van der Waals surface area contributed by atoms with Crippen LogP contribution in [0, 0.1) is 5.41 Å². The summed E-state index contributed by atoms with van der Waals surface area (Å²) in [4.78, 5) is 0. The van der Waals surface area contributed by atoms with Crippen molar-refractivity contribution in [1.29, 1.82) is 0 Å². The molecule has 0 radical (unpaired) electrons. The Morgan fingerprint density at radius 3 is 1.11 bits per heavy atom. The summed E-state index contributed by atoms with van der Waals surface area (Å²) in [6.07, 6.45) is 8.82. The van der Waals surface area contributed by atoms with E-state index in [0.29, 0.717) is 5.41 Å². The first-order valence-electron chi connectivity index (χ1n) is 10.4. The van der Waals surface area contributed by atoms with Gasteiger partial charge in [0.2, 0.25) is 0 Å². The molecule has 28 heavy (non-hydrogen) atoms. The lowest BCUT2D eigenvalue weighted by atomic mass is 9.78. The molecule has 0 aromatic heterocycles. The molecule has 0 aliphatic rings. The van der Waals surface area contributed by atoms with E-state index in [-0.39, 0.29) is 0 Å². The fraction of sp³-hybridized carbons (Fsp3) is 0.429. The molecule has 0 aliphatic carbocycles. The maximum Gasteiger partial charge on any atom is -0.0233 e. The lowest BCUT2D eigenvalue weighted by molar-refractivity contribution is 0.240. The van der Waals surface area contributed by atoms with Crippen LogP contribution < -0.4 is 0 Å². The average Bonchev–Trinajstić information content (AvgIpc) is 2.72. The molecule has 0 amide bonds. The van der Waals surface area contributed by atoms with Crippen LogP contribution in [0.3, 0.4) is 0 Å². The van der Waals surface area contributed by atoms with E-state index in [1.165, 1.54) is 31.2 Å². The SMILES string of the molecule is C=C(C)c1ccccc1.C=CC(=C)C.C=CC(=C)C.CCC(CC)(CC)CC. The first-order chi connectivity index (χ1) is 13.1. The summed E-state index contributed by atoms with van der Waals surface area (Å²) in [5.74, 6) is 0. The third kappa shape index (κ3) is 18.7. The molecule has 158 valence electrons. The molecule has 0 nitrogen and oxygen atoms in total. The van der Waals surface area contributed by atoms with Crippen molar-refractivity contribution in [1.82, 2.24) is 0 Å². The molecule has 0 atom stereocenters. The summed E-state index contributed by atoms with van der Waals surface area (Å²) >= 11 is 0. The van der Waals surface area contributed by atoms with Gasteiger partial charge in [0.05, 0.1) is 0 Å². The van der Waals surface area contributed by atoms with Crippen LogP contribution in [0.5, 0.6) is 0 Å². The zero-order chi connectivity index (χ0) is 22.6. The number of hydrogen-bond donors (Lipinski definition) is 0. The number of rotatable bonds is 7. The van der Waals surface area contributed by atoms with Crippen molar-refractivity contribution >= 4 is 5.57 Å². The van der Waals surface area contributed by atoms with Gasteiger partial charge in [-0.25, -0.2) is 0 Å². The zero-order valence-electron chi connectivity index (χ0n) is 19.9. The molecule has 1 aromatic rings. The van der Waals surface area contributed by atoms with Crippen molar-refractivity contribution in [2.75, 3.05) is 0 Å². The number of benzene rings is 1. The monoisotopic (exact) mass is 382 g/mol. The Labute approximate surface area is 177 Å². The van der Waals surface area contributed by atoms with Gasteiger partial charge in [-0.2, -0.15) is 0 Å². The van der Waals surface area contributed by atoms with Gasteiger partial charge < -0.3 is 0 Å². The van der Waals surface area contributed by atoms with Gasteiger partial charge in [0.25, 0.3) is 0 Å². The van der Waals surface area contributed by atoms with Gasteiger partial charge in [-0.15, -0.1) is 0 Å². The van der Waals surface area contributed by atoms with Gasteiger partial charge in [0.15, 0.2) is 0 Å². The molecule has 0 aliphatic heterocycles. The Kier molecular flexibility index (Phi) is 21.5. The summed E-state index contributed by atoms with van der Waals surface area (Å²) in [5, 5.41) is 0. The highest BCUT2D eigenvalue weighted by Crippen LogP contribution is 2.33. The smallest absolute Gasteiger partial charge is 0.0233 e. The van der Waals surface area contributed by atoms with Crippen LogP contribution in [0.4, 0.5) is 0 Å². The van der Waals surface area contributed by atoms with Gasteiger partial charge in [-0.3, -0.25) is 0 Å². The van der Waals surface area contributed by atoms with E-state index in [1.807, 2.05) is 39.0 Å². The maximum absolute atomic E-state index is 3.83. The van der Waals surface area contributed by atoms with E-state index in [0.717, 1.165) is 16.7 Å². The van der Waals surface area contributed by atoms with E-state index < -0.39 is 0 Å². The summed E-state index contributed by atoms with van der Waals surface area (Å²) in [5.41, 5.74) is 5.04. The Balaban J connectivity index is -0.000000311. The molecule has 0 saturated heterocycles. The fourth-order valence-corrected chi connectivity index (χ4v) is 2.22. The summed E-state index contributed by atoms with van der Waals surface area (Å²) in [6, 6.07) is 10.2. The van der Waals surface area contributed by atoms with E-state index >= 15 is 0 Å². The van der Waals surface area contributed by atoms with E-state index in [1.54, 1.807) is 12.2 Å². The molecule has 0 unspecified atom stereocenters. The van der Waals surface area contributed by atoms with Crippen LogP contribution in [0.1, 0.15) is 79.7 Å². The molecule has 0 heterocycles. The van der Waals surface area contributed by atoms with Crippen LogP contribution in [-0.2, 0) is 0 Å². The lowest BCUT2D eigenvalue weighted by Gasteiger charge is -2.28. The zero-order valence-corrected chi connectivity index (χ0v) is 19.9. The van der Waals surface area contributed by atoms with E-state index in [2.05, 4.69) is 72.7 Å². The molecule has 1 rings (SSSR count). The molecule has 1 aromatic carbocycles. The maximum atomic E-state index is 3.83. The minimum atomic E-state index is 0.667. The number of hydrogen-bond acceptors (Lipinski definition) is 0. The minimum Gasteiger partial charge on any atom is -0.0988 e. The average molecular weight is 383 g/mol. The van der Waals surface area contributed by atoms with Crippen LogP contribution in [-0.4, -0.2) is 0 Å². The molecular weight excluding hydrogens is 336 g/mol. The first-order valence-corrected chi connectivity index (χ1v) is 10.4. The van der Waals surface area contributed by atoms with Gasteiger partial charge in [-0.05, 0) is 31.7 Å². The van der Waals surface area contributed by atoms with Gasteiger partial charge in [0.1, 0.15) is 0 Å². The van der Waals surface area contributed by atoms with Gasteiger partial charge >= 0.3 is 0 Å². The van der Waals surface area contributed by atoms with Crippen molar-refractivity contribution in [2.45, 2.75) is 74.1 Å². The predicted octanol–water partition coefficient (Wildman–Crippen LogP) is 9.83. The molecule has 0 N–H and O–H groups in total. The Morgan fingerprint density at radius 1 is 0.714 bits per heavy atom. The topological polar surface area (TPSA) is 0 Å². The summed E-state index contributed by atoms with van der Waals surface area (Å²) in [6.45, 7) is 32.9. The third-order valence-electron chi connectivity index (χ3n) is 4.96. The predicted molar refractivity (Wildman–Crippen MR) is 135 cm³/mol. The normalized spacial score (nSPS) is 9.11. The Bertz CT molecular complexity index is 517. The molecule has 0 fully saturated rings. The van der Waals surface area contributed by atoms with Crippen LogP contribution in [0.25, 0.3) is 5.57 Å². The quantitative estimate of drug-likeness (QED) is 0.411. The highest BCUT2D eigenvalue weighted by Gasteiger charge is 2.20. The molecule has 0 saturated carbocycles. The lowest BCUT2D eigenvalue weighted by Crippen LogP contribution is -2.15. The van der Waals surface area contributed by atoms with E-state index in [4.69, 9.17) is 0 Å². The molecular formula is C28H46. The second-order valence-corrected chi connectivity index (χ2v) is 7.16. The van der Waals surface area contributed by atoms with Gasteiger partial charge in [-0.1, -0.05) is 145 Å². The molecule has 0 spiro atoms. The molecule has 0 heteroatoms. The molecule has 0 bridgehead atoms. The van der Waals surface area contributed by atoms with Crippen molar-refractivity contribution in [3.63, 3.8) is 0 Å². The van der Waals surface area contributed by atoms with Crippen molar-refractivity contribution in [3.05, 3.63) is 92.1 Å². The van der Waals surface area contributed by atoms with E-state index in [9.17, 15) is 0 Å². The standard InChI is InChI=1S/C9H10.C9H20.2C5H8/c1-8(2)9-6-4-3-5-7-9;1-5-9(6-2,7-3)8-4;2*1-4-5(2)3/h3-7H,1H2,2H3;5-8H2,1-4H3;2*4H,1-2H2,3H3. The highest BCUT2D eigenvalue weighted by molar-refractivity contribution is 5.60. The van der Waals surface area contributed by atoms with Crippen LogP contribution >= 0.6 is 0 Å². The Morgan fingerprint density at radius 2 is 1.00 bits per heavy atom. The van der Waals surface area contributed by atoms with Crippen molar-refractivity contribution < 1.29 is 0 Å². The van der Waals surface area contributed by atoms with Crippen LogP contribution in [0.15, 0.2) is 86.5 Å². The summed E-state index contributed by atoms with van der Waals surface area (Å²) in [7, 11) is 0.